The third-order valence-corrected chi connectivity index (χ3v) is 3.37. The van der Waals surface area contributed by atoms with E-state index >= 15 is 0 Å². The summed E-state index contributed by atoms with van der Waals surface area (Å²) in [6.07, 6.45) is 4.04. The van der Waals surface area contributed by atoms with Crippen molar-refractivity contribution in [2.45, 2.75) is 46.6 Å². The Balaban J connectivity index is 2.43. The minimum atomic E-state index is 0.411. The molecular weight excluding hydrogens is 226 g/mol. The predicted octanol–water partition coefficient (Wildman–Crippen LogP) is 3.70. The number of nitrogens with zero attached hydrogens (tertiary/aromatic N) is 2. The van der Waals surface area contributed by atoms with Gasteiger partial charge in [0.15, 0.2) is 0 Å². The van der Waals surface area contributed by atoms with Crippen molar-refractivity contribution < 1.29 is 4.42 Å². The maximum Gasteiger partial charge on any atom is 0.119 e. The SMILES string of the molecule is CCC(CC)n1cc(N)c(-c2cc(C)oc2C)n1. The molecule has 2 N–H and O–H groups in total. The Morgan fingerprint density at radius 2 is 2.00 bits per heavy atom. The van der Waals surface area contributed by atoms with E-state index in [1.807, 2.05) is 30.8 Å². The van der Waals surface area contributed by atoms with Crippen LogP contribution < -0.4 is 5.73 Å². The van der Waals surface area contributed by atoms with Crippen LogP contribution in [0.1, 0.15) is 44.3 Å². The molecule has 0 saturated heterocycles. The molecule has 0 saturated carbocycles. The number of nitrogens with two attached hydrogens (primary N) is 1. The van der Waals surface area contributed by atoms with Crippen molar-refractivity contribution in [2.75, 3.05) is 5.73 Å². The normalized spacial score (nSPS) is 11.4. The number of aromatic nitrogens is 2. The standard InChI is InChI=1S/C14H21N3O/c1-5-11(6-2)17-8-13(15)14(16-17)12-7-9(3)18-10(12)4/h7-8,11H,5-6,15H2,1-4H3. The number of hydrogen-bond acceptors (Lipinski definition) is 3. The lowest BCUT2D eigenvalue weighted by Gasteiger charge is -2.12. The fourth-order valence-electron chi connectivity index (χ4n) is 2.33. The molecule has 0 aliphatic heterocycles. The molecule has 2 aromatic heterocycles. The van der Waals surface area contributed by atoms with Gasteiger partial charge in [0.25, 0.3) is 0 Å². The molecule has 4 heteroatoms. The van der Waals surface area contributed by atoms with Gasteiger partial charge in [-0.15, -0.1) is 0 Å². The Morgan fingerprint density at radius 1 is 1.33 bits per heavy atom. The lowest BCUT2D eigenvalue weighted by atomic mass is 10.1. The van der Waals surface area contributed by atoms with Crippen LogP contribution in [0.25, 0.3) is 11.3 Å². The number of aryl methyl sites for hydroxylation is 2. The molecule has 0 amide bonds. The van der Waals surface area contributed by atoms with Crippen molar-refractivity contribution in [1.82, 2.24) is 9.78 Å². The molecule has 0 bridgehead atoms. The van der Waals surface area contributed by atoms with Gasteiger partial charge in [0.1, 0.15) is 17.2 Å². The van der Waals surface area contributed by atoms with E-state index in [0.29, 0.717) is 11.7 Å². The molecule has 2 rings (SSSR count). The molecule has 0 unspecified atom stereocenters. The summed E-state index contributed by atoms with van der Waals surface area (Å²) in [5.74, 6) is 1.76. The first-order valence-corrected chi connectivity index (χ1v) is 6.48. The molecular formula is C14H21N3O. The smallest absolute Gasteiger partial charge is 0.119 e. The van der Waals surface area contributed by atoms with Gasteiger partial charge in [-0.1, -0.05) is 13.8 Å². The second kappa shape index (κ2) is 4.88. The molecule has 0 fully saturated rings. The Kier molecular flexibility index (Phi) is 3.45. The molecule has 0 radical (unpaired) electrons. The quantitative estimate of drug-likeness (QED) is 0.896. The minimum Gasteiger partial charge on any atom is -0.466 e. The molecule has 4 nitrogen and oxygen atoms in total. The van der Waals surface area contributed by atoms with Gasteiger partial charge in [0.2, 0.25) is 0 Å². The van der Waals surface area contributed by atoms with Crippen LogP contribution in [-0.4, -0.2) is 9.78 Å². The minimum absolute atomic E-state index is 0.411. The number of hydrogen-bond donors (Lipinski definition) is 1. The van der Waals surface area contributed by atoms with E-state index in [2.05, 4.69) is 18.9 Å². The van der Waals surface area contributed by atoms with Crippen molar-refractivity contribution in [3.8, 4) is 11.3 Å². The third-order valence-electron chi connectivity index (χ3n) is 3.37. The molecule has 0 aliphatic carbocycles. The topological polar surface area (TPSA) is 57.0 Å². The Morgan fingerprint density at radius 3 is 2.50 bits per heavy atom. The maximum atomic E-state index is 6.07. The molecule has 0 spiro atoms. The van der Waals surface area contributed by atoms with Crippen LogP contribution in [0.15, 0.2) is 16.7 Å². The first-order chi connectivity index (χ1) is 8.56. The van der Waals surface area contributed by atoms with E-state index < -0.39 is 0 Å². The van der Waals surface area contributed by atoms with Gasteiger partial charge in [-0.3, -0.25) is 4.68 Å². The van der Waals surface area contributed by atoms with E-state index in [9.17, 15) is 0 Å². The van der Waals surface area contributed by atoms with Crippen molar-refractivity contribution in [3.63, 3.8) is 0 Å². The zero-order valence-corrected chi connectivity index (χ0v) is 11.5. The fourth-order valence-corrected chi connectivity index (χ4v) is 2.33. The van der Waals surface area contributed by atoms with Crippen molar-refractivity contribution in [3.05, 3.63) is 23.8 Å². The summed E-state index contributed by atoms with van der Waals surface area (Å²) in [4.78, 5) is 0. The summed E-state index contributed by atoms with van der Waals surface area (Å²) in [5, 5.41) is 4.63. The lowest BCUT2D eigenvalue weighted by Crippen LogP contribution is -2.07. The first-order valence-electron chi connectivity index (χ1n) is 6.48. The average Bonchev–Trinajstić information content (AvgIpc) is 2.84. The Hall–Kier alpha value is -1.71. The van der Waals surface area contributed by atoms with Gasteiger partial charge in [0.05, 0.1) is 11.7 Å². The van der Waals surface area contributed by atoms with Gasteiger partial charge < -0.3 is 10.2 Å². The molecule has 18 heavy (non-hydrogen) atoms. The summed E-state index contributed by atoms with van der Waals surface area (Å²) in [5.41, 5.74) is 8.61. The van der Waals surface area contributed by atoms with Crippen LogP contribution in [0.3, 0.4) is 0 Å². The second-order valence-corrected chi connectivity index (χ2v) is 4.71. The Labute approximate surface area is 108 Å². The van der Waals surface area contributed by atoms with E-state index in [-0.39, 0.29) is 0 Å². The number of rotatable bonds is 4. The summed E-state index contributed by atoms with van der Waals surface area (Å²) < 4.78 is 7.52. The van der Waals surface area contributed by atoms with E-state index in [1.54, 1.807) is 0 Å². The lowest BCUT2D eigenvalue weighted by molar-refractivity contribution is 0.429. The second-order valence-electron chi connectivity index (χ2n) is 4.71. The van der Waals surface area contributed by atoms with Crippen LogP contribution >= 0.6 is 0 Å². The third kappa shape index (κ3) is 2.15. The van der Waals surface area contributed by atoms with E-state index in [0.717, 1.165) is 35.6 Å². The summed E-state index contributed by atoms with van der Waals surface area (Å²) in [6.45, 7) is 8.21. The van der Waals surface area contributed by atoms with E-state index in [4.69, 9.17) is 10.2 Å². The summed E-state index contributed by atoms with van der Waals surface area (Å²) >= 11 is 0. The highest BCUT2D eigenvalue weighted by atomic mass is 16.3. The molecule has 2 heterocycles. The molecule has 0 atom stereocenters. The van der Waals surface area contributed by atoms with Gasteiger partial charge in [0, 0.05) is 11.8 Å². The highest BCUT2D eigenvalue weighted by Gasteiger charge is 2.16. The first kappa shape index (κ1) is 12.7. The van der Waals surface area contributed by atoms with Crippen LogP contribution in [0, 0.1) is 13.8 Å². The zero-order chi connectivity index (χ0) is 13.3. The predicted molar refractivity (Wildman–Crippen MR) is 73.4 cm³/mol. The number of anilines is 1. The van der Waals surface area contributed by atoms with Crippen LogP contribution in [-0.2, 0) is 0 Å². The van der Waals surface area contributed by atoms with Crippen molar-refractivity contribution in [2.24, 2.45) is 0 Å². The number of furan rings is 1. The van der Waals surface area contributed by atoms with Crippen molar-refractivity contribution >= 4 is 5.69 Å². The molecule has 98 valence electrons. The van der Waals surface area contributed by atoms with Crippen LogP contribution in [0.2, 0.25) is 0 Å². The van der Waals surface area contributed by atoms with Gasteiger partial charge in [-0.2, -0.15) is 5.10 Å². The summed E-state index contributed by atoms with van der Waals surface area (Å²) in [6, 6.07) is 2.40. The fraction of sp³-hybridized carbons (Fsp3) is 0.500. The largest absolute Gasteiger partial charge is 0.466 e. The zero-order valence-electron chi connectivity index (χ0n) is 11.5. The average molecular weight is 247 g/mol. The maximum absolute atomic E-state index is 6.07. The van der Waals surface area contributed by atoms with Crippen LogP contribution in [0.4, 0.5) is 5.69 Å². The molecule has 2 aromatic rings. The summed E-state index contributed by atoms with van der Waals surface area (Å²) in [7, 11) is 0. The molecule has 0 aromatic carbocycles. The van der Waals surface area contributed by atoms with Crippen molar-refractivity contribution in [1.29, 1.82) is 0 Å². The van der Waals surface area contributed by atoms with Gasteiger partial charge in [-0.05, 0) is 32.8 Å². The number of nitrogen functional groups attached to an aromatic ring is 1. The Bertz CT molecular complexity index is 535. The van der Waals surface area contributed by atoms with E-state index in [1.165, 1.54) is 0 Å². The molecule has 0 aliphatic rings. The highest BCUT2D eigenvalue weighted by Crippen LogP contribution is 2.31. The van der Waals surface area contributed by atoms with Gasteiger partial charge >= 0.3 is 0 Å². The van der Waals surface area contributed by atoms with Crippen LogP contribution in [0.5, 0.6) is 0 Å². The highest BCUT2D eigenvalue weighted by molar-refractivity contribution is 5.73. The monoisotopic (exact) mass is 247 g/mol. The van der Waals surface area contributed by atoms with Gasteiger partial charge in [-0.25, -0.2) is 0 Å².